The Bertz CT molecular complexity index is 876. The van der Waals surface area contributed by atoms with E-state index in [-0.39, 0.29) is 5.70 Å². The van der Waals surface area contributed by atoms with Crippen molar-refractivity contribution >= 4 is 53.0 Å². The Labute approximate surface area is 179 Å². The zero-order chi connectivity index (χ0) is 22.0. The molecule has 2 atom stereocenters. The van der Waals surface area contributed by atoms with E-state index in [1.54, 1.807) is 16.5 Å². The lowest BCUT2D eigenvalue weighted by molar-refractivity contribution is -0.150. The highest BCUT2D eigenvalue weighted by atomic mass is 32.2. The number of aliphatic carboxylic acids is 1. The Balaban J connectivity index is 1.71. The smallest absolute Gasteiger partial charge is 0.352 e. The number of fused-ring (bicyclic) bond motifs is 1. The summed E-state index contributed by atoms with van der Waals surface area (Å²) in [5.41, 5.74) is 0.00554. The number of rotatable bonds is 8. The number of nitrogens with zero attached hydrogens (tertiary/aromatic N) is 6. The fourth-order valence-electron chi connectivity index (χ4n) is 2.92. The number of carbonyl (C=O) groups is 4. The van der Waals surface area contributed by atoms with E-state index in [9.17, 15) is 24.3 Å². The Hall–Kier alpha value is -2.81. The van der Waals surface area contributed by atoms with E-state index in [0.717, 1.165) is 11.8 Å². The third kappa shape index (κ3) is 4.21. The molecule has 162 valence electrons. The van der Waals surface area contributed by atoms with Crippen LogP contribution in [0.1, 0.15) is 6.92 Å². The Morgan fingerprint density at radius 3 is 2.70 bits per heavy atom. The fourth-order valence-corrected chi connectivity index (χ4v) is 5.28. The van der Waals surface area contributed by atoms with Crippen molar-refractivity contribution in [3.8, 4) is 0 Å². The monoisotopic (exact) mass is 457 g/mol. The number of amides is 2. The van der Waals surface area contributed by atoms with Crippen LogP contribution in [0.25, 0.3) is 0 Å². The van der Waals surface area contributed by atoms with Crippen LogP contribution in [0.4, 0.5) is 0 Å². The molecule has 1 fully saturated rings. The van der Waals surface area contributed by atoms with Crippen LogP contribution in [0, 0.1) is 0 Å². The molecule has 2 amide bonds. The molecule has 3 aliphatic rings. The summed E-state index contributed by atoms with van der Waals surface area (Å²) in [4.78, 5) is 53.9. The van der Waals surface area contributed by atoms with Crippen molar-refractivity contribution in [2.45, 2.75) is 18.3 Å². The van der Waals surface area contributed by atoms with Crippen LogP contribution in [0.3, 0.4) is 0 Å². The van der Waals surface area contributed by atoms with Crippen molar-refractivity contribution < 1.29 is 29.1 Å². The van der Waals surface area contributed by atoms with E-state index in [4.69, 9.17) is 0 Å². The minimum atomic E-state index is -1.22. The number of nitrogens with one attached hydrogen (secondary N) is 1. The summed E-state index contributed by atoms with van der Waals surface area (Å²) in [7, 11) is 2.95. The van der Waals surface area contributed by atoms with Gasteiger partial charge in [-0.2, -0.15) is 4.41 Å². The first kappa shape index (κ1) is 21.9. The van der Waals surface area contributed by atoms with Crippen LogP contribution in [0.2, 0.25) is 0 Å². The van der Waals surface area contributed by atoms with E-state index in [2.05, 4.69) is 25.8 Å². The minimum absolute atomic E-state index is 0.0939. The average Bonchev–Trinajstić information content (AvgIpc) is 3.12. The van der Waals surface area contributed by atoms with Gasteiger partial charge in [0.25, 0.3) is 11.8 Å². The van der Waals surface area contributed by atoms with Gasteiger partial charge in [0.2, 0.25) is 5.71 Å². The van der Waals surface area contributed by atoms with Crippen LogP contribution in [-0.2, 0) is 24.0 Å². The lowest BCUT2D eigenvalue weighted by Gasteiger charge is -2.49. The highest BCUT2D eigenvalue weighted by molar-refractivity contribution is 8.00. The van der Waals surface area contributed by atoms with E-state index < -0.39 is 40.7 Å². The lowest BCUT2D eigenvalue weighted by atomic mass is 10.0. The second kappa shape index (κ2) is 8.91. The van der Waals surface area contributed by atoms with E-state index in [0.29, 0.717) is 23.7 Å². The topological polar surface area (TPSA) is 157 Å². The van der Waals surface area contributed by atoms with Gasteiger partial charge in [-0.05, 0) is 22.7 Å². The summed E-state index contributed by atoms with van der Waals surface area (Å²) in [6, 6.07) is -0.964. The maximum absolute atomic E-state index is 12.6. The molecule has 0 aromatic rings. The van der Waals surface area contributed by atoms with Crippen LogP contribution in [-0.4, -0.2) is 92.5 Å². The average molecular weight is 457 g/mol. The van der Waals surface area contributed by atoms with Gasteiger partial charge in [0.1, 0.15) is 30.9 Å². The standard InChI is InChI=1S/C15H19N7O6S2/c1-7(23)9(17-28-3)12(24)16-10-13(25)22-11(15(26)27)8(4-29-14(10)22)5-30-21-6-20(2)18-19-21/h10,14H,4-6H2,1-3H3,(H,16,24)(H,26,27)/t10?,14-/m1/s1. The molecule has 15 heteroatoms. The molecule has 1 unspecified atom stereocenters. The SMILES string of the molecule is CON=C(C(C)=O)C(=O)NC1C(=O)N2C(C(=O)O)=C(CSN3CN(C)N=N3)CS[C@H]12. The number of Topliss-reactive ketones (excluding diaryl/α,β-unsaturated/α-hetero) is 1. The van der Waals surface area contributed by atoms with E-state index >= 15 is 0 Å². The van der Waals surface area contributed by atoms with Crippen molar-refractivity contribution in [3.05, 3.63) is 11.3 Å². The molecule has 0 bridgehead atoms. The van der Waals surface area contributed by atoms with Gasteiger partial charge in [0.05, 0.1) is 0 Å². The molecule has 1 saturated heterocycles. The number of carboxylic acid groups (broad SMARTS) is 1. The van der Waals surface area contributed by atoms with Gasteiger partial charge in [0, 0.05) is 25.5 Å². The summed E-state index contributed by atoms with van der Waals surface area (Å²) < 4.78 is 1.61. The molecule has 0 aliphatic carbocycles. The van der Waals surface area contributed by atoms with Crippen molar-refractivity contribution in [1.82, 2.24) is 19.6 Å². The summed E-state index contributed by atoms with van der Waals surface area (Å²) >= 11 is 2.62. The molecule has 3 aliphatic heterocycles. The number of oxime groups is 1. The van der Waals surface area contributed by atoms with Crippen LogP contribution >= 0.6 is 23.7 Å². The molecule has 0 aromatic carbocycles. The first-order valence-electron chi connectivity index (χ1n) is 8.60. The van der Waals surface area contributed by atoms with Gasteiger partial charge in [-0.3, -0.25) is 24.3 Å². The normalized spacial score (nSPS) is 23.4. The molecular weight excluding hydrogens is 438 g/mol. The van der Waals surface area contributed by atoms with Crippen LogP contribution in [0.5, 0.6) is 0 Å². The Morgan fingerprint density at radius 1 is 1.40 bits per heavy atom. The second-order valence-corrected chi connectivity index (χ2v) is 8.47. The molecule has 2 N–H and O–H groups in total. The number of carboxylic acids is 1. The molecule has 0 saturated carbocycles. The first-order chi connectivity index (χ1) is 14.2. The molecule has 3 rings (SSSR count). The minimum Gasteiger partial charge on any atom is -0.477 e. The maximum atomic E-state index is 12.6. The maximum Gasteiger partial charge on any atom is 0.352 e. The van der Waals surface area contributed by atoms with E-state index in [1.165, 1.54) is 30.8 Å². The van der Waals surface area contributed by atoms with Gasteiger partial charge >= 0.3 is 5.97 Å². The number of hydrogen-bond acceptors (Lipinski definition) is 12. The van der Waals surface area contributed by atoms with Crippen molar-refractivity contribution in [2.24, 2.45) is 15.6 Å². The number of hydrogen-bond donors (Lipinski definition) is 2. The van der Waals surface area contributed by atoms with Crippen molar-refractivity contribution in [3.63, 3.8) is 0 Å². The molecule has 0 radical (unpaired) electrons. The summed E-state index contributed by atoms with van der Waals surface area (Å²) in [5, 5.41) is 24.3. The number of thioether (sulfide) groups is 1. The predicted molar refractivity (Wildman–Crippen MR) is 107 cm³/mol. The van der Waals surface area contributed by atoms with Crippen LogP contribution < -0.4 is 5.32 Å². The number of carbonyl (C=O) groups excluding carboxylic acids is 3. The summed E-state index contributed by atoms with van der Waals surface area (Å²) in [6.07, 6.45) is 0. The molecule has 30 heavy (non-hydrogen) atoms. The quantitative estimate of drug-likeness (QED) is 0.159. The fraction of sp³-hybridized carbons (Fsp3) is 0.533. The van der Waals surface area contributed by atoms with Crippen molar-refractivity contribution in [1.29, 1.82) is 0 Å². The van der Waals surface area contributed by atoms with Gasteiger partial charge in [0.15, 0.2) is 5.78 Å². The van der Waals surface area contributed by atoms with Gasteiger partial charge in [-0.1, -0.05) is 10.4 Å². The largest absolute Gasteiger partial charge is 0.477 e. The number of ketones is 1. The van der Waals surface area contributed by atoms with E-state index in [1.807, 2.05) is 0 Å². The Morgan fingerprint density at radius 2 is 2.13 bits per heavy atom. The molecule has 3 heterocycles. The third-order valence-corrected chi connectivity index (χ3v) is 6.58. The highest BCUT2D eigenvalue weighted by Gasteiger charge is 2.54. The summed E-state index contributed by atoms with van der Waals surface area (Å²) in [6.45, 7) is 1.61. The first-order valence-corrected chi connectivity index (χ1v) is 10.6. The van der Waals surface area contributed by atoms with Crippen LogP contribution in [0.15, 0.2) is 26.9 Å². The molecule has 13 nitrogen and oxygen atoms in total. The lowest BCUT2D eigenvalue weighted by Crippen LogP contribution is -2.71. The summed E-state index contributed by atoms with van der Waals surface area (Å²) in [5.74, 6) is -2.58. The second-order valence-electron chi connectivity index (χ2n) is 6.40. The molecule has 0 spiro atoms. The van der Waals surface area contributed by atoms with Gasteiger partial charge in [-0.25, -0.2) is 4.79 Å². The zero-order valence-corrected chi connectivity index (χ0v) is 17.9. The molecular formula is C15H19N7O6S2. The van der Waals surface area contributed by atoms with Crippen molar-refractivity contribution in [2.75, 3.05) is 32.3 Å². The molecule has 0 aromatic heterocycles. The Kier molecular flexibility index (Phi) is 6.50. The third-order valence-electron chi connectivity index (χ3n) is 4.27. The van der Waals surface area contributed by atoms with Gasteiger partial charge in [-0.15, -0.1) is 11.8 Å². The zero-order valence-electron chi connectivity index (χ0n) is 16.3. The number of β-lactam (4-membered cyclic amide) rings is 1. The predicted octanol–water partition coefficient (Wildman–Crippen LogP) is -0.548. The highest BCUT2D eigenvalue weighted by Crippen LogP contribution is 2.41. The van der Waals surface area contributed by atoms with Gasteiger partial charge < -0.3 is 15.3 Å².